The average Bonchev–Trinajstić information content (AvgIpc) is 3.35. The van der Waals surface area contributed by atoms with E-state index in [9.17, 15) is 13.2 Å². The predicted octanol–water partition coefficient (Wildman–Crippen LogP) is 5.89. The van der Waals surface area contributed by atoms with Crippen molar-refractivity contribution in [2.45, 2.75) is 46.7 Å². The molecule has 1 saturated heterocycles. The molecule has 0 aliphatic carbocycles. The molecule has 1 aliphatic heterocycles. The van der Waals surface area contributed by atoms with Crippen LogP contribution < -0.4 is 11.1 Å². The summed E-state index contributed by atoms with van der Waals surface area (Å²) in [7, 11) is 0. The van der Waals surface area contributed by atoms with Crippen LogP contribution in [0.25, 0.3) is 33.3 Å². The summed E-state index contributed by atoms with van der Waals surface area (Å²) in [4.78, 5) is 10.3. The van der Waals surface area contributed by atoms with Gasteiger partial charge in [0.1, 0.15) is 11.3 Å². The SMILES string of the molecule is CC1(C)CCCNC1.Cc1noc(C)c1-c1ccc2c(-c3nc(N)ncc3C(F)(F)F)c[nH]c2c1. The van der Waals surface area contributed by atoms with Gasteiger partial charge in [-0.25, -0.2) is 9.97 Å². The maximum atomic E-state index is 13.4. The van der Waals surface area contributed by atoms with Gasteiger partial charge in [-0.05, 0) is 50.3 Å². The zero-order valence-electron chi connectivity index (χ0n) is 20.2. The Morgan fingerprint density at radius 1 is 1.17 bits per heavy atom. The van der Waals surface area contributed by atoms with Crippen LogP contribution in [-0.4, -0.2) is 33.2 Å². The lowest BCUT2D eigenvalue weighted by Gasteiger charge is -2.29. The molecule has 0 bridgehead atoms. The molecule has 0 spiro atoms. The summed E-state index contributed by atoms with van der Waals surface area (Å²) in [5.74, 6) is 0.446. The van der Waals surface area contributed by atoms with Crippen LogP contribution in [0.15, 0.2) is 35.1 Å². The van der Waals surface area contributed by atoms with Crippen molar-refractivity contribution in [2.75, 3.05) is 18.8 Å². The third kappa shape index (κ3) is 5.32. The van der Waals surface area contributed by atoms with E-state index in [-0.39, 0.29) is 11.6 Å². The second-order valence-electron chi connectivity index (χ2n) is 9.59. The molecular formula is C25H29F3N6O. The van der Waals surface area contributed by atoms with Gasteiger partial charge in [-0.1, -0.05) is 31.1 Å². The number of halogens is 3. The summed E-state index contributed by atoms with van der Waals surface area (Å²) in [6.45, 7) is 10.7. The molecule has 0 atom stereocenters. The molecule has 0 radical (unpaired) electrons. The number of aromatic amines is 1. The minimum atomic E-state index is -4.59. The van der Waals surface area contributed by atoms with Gasteiger partial charge in [0.2, 0.25) is 5.95 Å². The number of hydrogen-bond acceptors (Lipinski definition) is 6. The number of aryl methyl sites for hydroxylation is 2. The highest BCUT2D eigenvalue weighted by Crippen LogP contribution is 2.39. The monoisotopic (exact) mass is 486 g/mol. The molecule has 7 nitrogen and oxygen atoms in total. The second kappa shape index (κ2) is 9.33. The number of nitrogen functional groups attached to an aromatic ring is 1. The maximum absolute atomic E-state index is 13.4. The fourth-order valence-corrected chi connectivity index (χ4v) is 4.39. The Hall–Kier alpha value is -3.40. The van der Waals surface area contributed by atoms with Crippen LogP contribution in [-0.2, 0) is 6.18 Å². The van der Waals surface area contributed by atoms with E-state index < -0.39 is 11.7 Å². The number of nitrogens with zero attached hydrogens (tertiary/aromatic N) is 3. The Balaban J connectivity index is 0.000000308. The van der Waals surface area contributed by atoms with Gasteiger partial charge in [0.05, 0.1) is 11.4 Å². The standard InChI is InChI=1S/C18H14F3N5O.C7H15N/c1-8-15(9(2)27-26-8)10-3-4-11-12(6-23-14(11)5-10)16-13(18(19,20)21)7-24-17(22)25-16;1-7(2)4-3-5-8-6-7/h3-7,23H,1-2H3,(H2,22,24,25);8H,3-6H2,1-2H3. The first-order valence-corrected chi connectivity index (χ1v) is 11.4. The van der Waals surface area contributed by atoms with Crippen molar-refractivity contribution >= 4 is 16.9 Å². The number of H-pyrrole nitrogens is 1. The van der Waals surface area contributed by atoms with Crippen molar-refractivity contribution in [1.82, 2.24) is 25.4 Å². The Morgan fingerprint density at radius 2 is 1.94 bits per heavy atom. The second-order valence-corrected chi connectivity index (χ2v) is 9.59. The summed E-state index contributed by atoms with van der Waals surface area (Å²) in [5, 5.41) is 7.90. The molecule has 0 saturated carbocycles. The van der Waals surface area contributed by atoms with Crippen LogP contribution in [0.1, 0.15) is 43.7 Å². The molecule has 4 aromatic rings. The number of nitrogens with two attached hydrogens (primary N) is 1. The van der Waals surface area contributed by atoms with Crippen molar-refractivity contribution in [2.24, 2.45) is 5.41 Å². The number of benzene rings is 1. The molecule has 10 heteroatoms. The van der Waals surface area contributed by atoms with Crippen LogP contribution >= 0.6 is 0 Å². The molecule has 0 amide bonds. The van der Waals surface area contributed by atoms with Crippen molar-refractivity contribution in [1.29, 1.82) is 0 Å². The lowest BCUT2D eigenvalue weighted by molar-refractivity contribution is -0.137. The van der Waals surface area contributed by atoms with Crippen LogP contribution in [0.5, 0.6) is 0 Å². The van der Waals surface area contributed by atoms with Crippen molar-refractivity contribution in [3.05, 3.63) is 47.6 Å². The van der Waals surface area contributed by atoms with Gasteiger partial charge in [0.15, 0.2) is 0 Å². The smallest absolute Gasteiger partial charge is 0.368 e. The van der Waals surface area contributed by atoms with Gasteiger partial charge in [-0.15, -0.1) is 0 Å². The van der Waals surface area contributed by atoms with E-state index in [1.54, 1.807) is 13.0 Å². The number of aromatic nitrogens is 4. The number of alkyl halides is 3. The van der Waals surface area contributed by atoms with Crippen molar-refractivity contribution < 1.29 is 17.7 Å². The van der Waals surface area contributed by atoms with E-state index in [0.717, 1.165) is 16.8 Å². The summed E-state index contributed by atoms with van der Waals surface area (Å²) in [6, 6.07) is 5.38. The van der Waals surface area contributed by atoms with Crippen LogP contribution in [0.4, 0.5) is 19.1 Å². The first kappa shape index (κ1) is 24.7. The molecule has 0 unspecified atom stereocenters. The molecule has 1 aromatic carbocycles. The molecule has 5 rings (SSSR count). The lowest BCUT2D eigenvalue weighted by atomic mass is 9.85. The highest BCUT2D eigenvalue weighted by Gasteiger charge is 2.36. The molecule has 186 valence electrons. The Bertz CT molecular complexity index is 1310. The van der Waals surface area contributed by atoms with Crippen molar-refractivity contribution in [3.8, 4) is 22.4 Å². The van der Waals surface area contributed by atoms with Gasteiger partial charge in [-0.3, -0.25) is 0 Å². The van der Waals surface area contributed by atoms with Gasteiger partial charge in [0.25, 0.3) is 0 Å². The number of hydrogen-bond donors (Lipinski definition) is 3. The van der Waals surface area contributed by atoms with Crippen LogP contribution in [0.2, 0.25) is 0 Å². The number of piperidine rings is 1. The fraction of sp³-hybridized carbons (Fsp3) is 0.400. The highest BCUT2D eigenvalue weighted by atomic mass is 19.4. The van der Waals surface area contributed by atoms with Gasteiger partial charge in [-0.2, -0.15) is 13.2 Å². The minimum Gasteiger partial charge on any atom is -0.368 e. The van der Waals surface area contributed by atoms with E-state index >= 15 is 0 Å². The minimum absolute atomic E-state index is 0.223. The highest BCUT2D eigenvalue weighted by molar-refractivity contribution is 5.97. The van der Waals surface area contributed by atoms with Gasteiger partial charge < -0.3 is 20.6 Å². The zero-order valence-corrected chi connectivity index (χ0v) is 20.2. The summed E-state index contributed by atoms with van der Waals surface area (Å²) < 4.78 is 45.3. The molecule has 4 heterocycles. The number of nitrogens with one attached hydrogen (secondary N) is 2. The largest absolute Gasteiger partial charge is 0.419 e. The third-order valence-corrected chi connectivity index (χ3v) is 6.18. The van der Waals surface area contributed by atoms with E-state index in [1.807, 2.05) is 19.1 Å². The van der Waals surface area contributed by atoms with Crippen molar-refractivity contribution in [3.63, 3.8) is 0 Å². The van der Waals surface area contributed by atoms with Crippen LogP contribution in [0.3, 0.4) is 0 Å². The lowest BCUT2D eigenvalue weighted by Crippen LogP contribution is -2.35. The quantitative estimate of drug-likeness (QED) is 0.326. The van der Waals surface area contributed by atoms with E-state index in [0.29, 0.717) is 33.8 Å². The normalized spacial score (nSPS) is 15.6. The number of rotatable bonds is 2. The zero-order chi connectivity index (χ0) is 25.4. The van der Waals surface area contributed by atoms with Gasteiger partial charge >= 0.3 is 6.18 Å². The first-order valence-electron chi connectivity index (χ1n) is 11.4. The summed E-state index contributed by atoms with van der Waals surface area (Å²) >= 11 is 0. The molecule has 1 fully saturated rings. The molecular weight excluding hydrogens is 457 g/mol. The summed E-state index contributed by atoms with van der Waals surface area (Å²) in [6.07, 6.45) is 0.337. The maximum Gasteiger partial charge on any atom is 0.419 e. The first-order chi connectivity index (χ1) is 16.5. The average molecular weight is 487 g/mol. The number of anilines is 1. The van der Waals surface area contributed by atoms with Crippen LogP contribution in [0, 0.1) is 19.3 Å². The predicted molar refractivity (Wildman–Crippen MR) is 130 cm³/mol. The molecule has 4 N–H and O–H groups in total. The third-order valence-electron chi connectivity index (χ3n) is 6.18. The Labute approximate surface area is 201 Å². The van der Waals surface area contributed by atoms with E-state index in [4.69, 9.17) is 10.3 Å². The number of fused-ring (bicyclic) bond motifs is 1. The molecule has 1 aliphatic rings. The molecule has 35 heavy (non-hydrogen) atoms. The van der Waals surface area contributed by atoms with Gasteiger partial charge in [0, 0.05) is 41.0 Å². The summed E-state index contributed by atoms with van der Waals surface area (Å²) in [5.41, 5.74) is 8.31. The topological polar surface area (TPSA) is 106 Å². The molecule has 3 aromatic heterocycles. The van der Waals surface area contributed by atoms with E-state index in [2.05, 4.69) is 39.3 Å². The Kier molecular flexibility index (Phi) is 6.59. The Morgan fingerprint density at radius 3 is 2.51 bits per heavy atom. The van der Waals surface area contributed by atoms with E-state index in [1.165, 1.54) is 32.1 Å². The fourth-order valence-electron chi connectivity index (χ4n) is 4.39.